The Labute approximate surface area is 107 Å². The van der Waals surface area contributed by atoms with Gasteiger partial charge in [-0.1, -0.05) is 48.5 Å². The zero-order valence-electron chi connectivity index (χ0n) is 10.1. The third kappa shape index (κ3) is 10.3. The summed E-state index contributed by atoms with van der Waals surface area (Å²) in [5, 5.41) is 9.50. The van der Waals surface area contributed by atoms with Crippen LogP contribution in [0.3, 0.4) is 0 Å². The lowest BCUT2D eigenvalue weighted by Crippen LogP contribution is -2.17. The number of carbonyl (C=O) groups is 1. The largest absolute Gasteiger partial charge is 0.506 e. The monoisotopic (exact) mass is 294 g/mol. The van der Waals surface area contributed by atoms with Gasteiger partial charge >= 0.3 is 6.16 Å². The molecule has 1 atom stereocenters. The van der Waals surface area contributed by atoms with E-state index >= 15 is 0 Å². The molecule has 3 nitrogen and oxygen atoms in total. The summed E-state index contributed by atoms with van der Waals surface area (Å²) in [6, 6.07) is 0. The maximum atomic E-state index is 10.5. The van der Waals surface area contributed by atoms with Crippen LogP contribution in [0.25, 0.3) is 0 Å². The van der Waals surface area contributed by atoms with Crippen LogP contribution in [0, 0.1) is 0 Å². The average Bonchev–Trinajstić information content (AvgIpc) is 2.24. The van der Waals surface area contributed by atoms with Gasteiger partial charge in [-0.25, -0.2) is 4.79 Å². The van der Waals surface area contributed by atoms with Gasteiger partial charge in [-0.2, -0.15) is 0 Å². The molecular formula is C12H23BrO3. The van der Waals surface area contributed by atoms with E-state index in [2.05, 4.69) is 22.9 Å². The molecule has 16 heavy (non-hydrogen) atoms. The summed E-state index contributed by atoms with van der Waals surface area (Å²) in [5.41, 5.74) is 0. The molecule has 1 N–H and O–H groups in total. The first-order valence-corrected chi connectivity index (χ1v) is 7.28. The minimum atomic E-state index is -1.15. The molecule has 0 rings (SSSR count). The van der Waals surface area contributed by atoms with E-state index in [9.17, 15) is 4.79 Å². The summed E-state index contributed by atoms with van der Waals surface area (Å²) < 4.78 is 4.85. The lowest BCUT2D eigenvalue weighted by molar-refractivity contribution is 0.0433. The minimum absolute atomic E-state index is 0.114. The van der Waals surface area contributed by atoms with E-state index in [1.807, 2.05) is 0 Å². The van der Waals surface area contributed by atoms with Gasteiger partial charge in [-0.3, -0.25) is 0 Å². The summed E-state index contributed by atoms with van der Waals surface area (Å²) in [6.45, 7) is 2.19. The predicted octanol–water partition coefficient (Wildman–Crippen LogP) is 4.59. The van der Waals surface area contributed by atoms with Crippen LogP contribution in [0.2, 0.25) is 0 Å². The Kier molecular flexibility index (Phi) is 11.1. The smallest absolute Gasteiger partial charge is 0.450 e. The molecule has 0 aromatic carbocycles. The van der Waals surface area contributed by atoms with Crippen molar-refractivity contribution in [2.24, 2.45) is 0 Å². The van der Waals surface area contributed by atoms with Gasteiger partial charge in [-0.15, -0.1) is 0 Å². The molecule has 0 aromatic rings. The molecule has 0 aliphatic heterocycles. The van der Waals surface area contributed by atoms with E-state index in [4.69, 9.17) is 9.84 Å². The second kappa shape index (κ2) is 11.2. The fraction of sp³-hybridized carbons (Fsp3) is 0.917. The van der Waals surface area contributed by atoms with Crippen molar-refractivity contribution >= 4 is 22.1 Å². The van der Waals surface area contributed by atoms with Crippen molar-refractivity contribution in [1.29, 1.82) is 0 Å². The SMILES string of the molecule is CCCCCCCC(CCCBr)OC(=O)O. The van der Waals surface area contributed by atoms with Crippen LogP contribution < -0.4 is 0 Å². The summed E-state index contributed by atoms with van der Waals surface area (Å²) >= 11 is 3.34. The molecule has 96 valence electrons. The van der Waals surface area contributed by atoms with Gasteiger partial charge in [0.15, 0.2) is 0 Å². The lowest BCUT2D eigenvalue weighted by Gasteiger charge is -2.15. The van der Waals surface area contributed by atoms with E-state index in [1.165, 1.54) is 25.7 Å². The third-order valence-corrected chi connectivity index (χ3v) is 3.12. The number of hydrogen-bond acceptors (Lipinski definition) is 2. The molecule has 0 aromatic heterocycles. The second-order valence-electron chi connectivity index (χ2n) is 4.04. The summed E-state index contributed by atoms with van der Waals surface area (Å²) in [7, 11) is 0. The quantitative estimate of drug-likeness (QED) is 0.364. The maximum Gasteiger partial charge on any atom is 0.506 e. The van der Waals surface area contributed by atoms with Crippen molar-refractivity contribution in [3.8, 4) is 0 Å². The van der Waals surface area contributed by atoms with Gasteiger partial charge in [0.2, 0.25) is 0 Å². The van der Waals surface area contributed by atoms with Crippen molar-refractivity contribution in [2.45, 2.75) is 64.4 Å². The fourth-order valence-electron chi connectivity index (χ4n) is 1.69. The Balaban J connectivity index is 3.60. The van der Waals surface area contributed by atoms with Gasteiger partial charge < -0.3 is 9.84 Å². The minimum Gasteiger partial charge on any atom is -0.450 e. The van der Waals surface area contributed by atoms with E-state index in [1.54, 1.807) is 0 Å². The molecule has 0 amide bonds. The van der Waals surface area contributed by atoms with E-state index < -0.39 is 6.16 Å². The maximum absolute atomic E-state index is 10.5. The Hall–Kier alpha value is -0.250. The highest BCUT2D eigenvalue weighted by Gasteiger charge is 2.12. The Morgan fingerprint density at radius 1 is 1.19 bits per heavy atom. The lowest BCUT2D eigenvalue weighted by atomic mass is 10.1. The van der Waals surface area contributed by atoms with Gasteiger partial charge in [0.25, 0.3) is 0 Å². The first kappa shape index (κ1) is 15.8. The van der Waals surface area contributed by atoms with Crippen molar-refractivity contribution in [2.75, 3.05) is 5.33 Å². The van der Waals surface area contributed by atoms with Gasteiger partial charge in [0.1, 0.15) is 6.10 Å². The number of ether oxygens (including phenoxy) is 1. The third-order valence-electron chi connectivity index (χ3n) is 2.56. The van der Waals surface area contributed by atoms with Crippen LogP contribution in [0.4, 0.5) is 4.79 Å². The highest BCUT2D eigenvalue weighted by atomic mass is 79.9. The molecule has 4 heteroatoms. The molecule has 0 aliphatic rings. The summed E-state index contributed by atoms with van der Waals surface area (Å²) in [6.07, 6.45) is 7.40. The van der Waals surface area contributed by atoms with Crippen molar-refractivity contribution < 1.29 is 14.6 Å². The standard InChI is InChI=1S/C12H23BrO3/c1-2-3-4-5-6-8-11(9-7-10-13)16-12(14)15/h11H,2-10H2,1H3,(H,14,15). The van der Waals surface area contributed by atoms with Gasteiger partial charge in [0.05, 0.1) is 0 Å². The molecular weight excluding hydrogens is 272 g/mol. The number of hydrogen-bond donors (Lipinski definition) is 1. The normalized spacial score (nSPS) is 12.4. The van der Waals surface area contributed by atoms with Crippen molar-refractivity contribution in [1.82, 2.24) is 0 Å². The first-order chi connectivity index (χ1) is 7.70. The molecule has 0 heterocycles. The first-order valence-electron chi connectivity index (χ1n) is 6.16. The molecule has 0 saturated heterocycles. The zero-order valence-corrected chi connectivity index (χ0v) is 11.7. The van der Waals surface area contributed by atoms with Gasteiger partial charge in [-0.05, 0) is 25.7 Å². The number of carboxylic acid groups (broad SMARTS) is 1. The Morgan fingerprint density at radius 2 is 1.81 bits per heavy atom. The molecule has 1 unspecified atom stereocenters. The number of halogens is 1. The highest BCUT2D eigenvalue weighted by Crippen LogP contribution is 2.14. The summed E-state index contributed by atoms with van der Waals surface area (Å²) in [5.74, 6) is 0. The second-order valence-corrected chi connectivity index (χ2v) is 4.83. The topological polar surface area (TPSA) is 46.5 Å². The molecule has 0 radical (unpaired) electrons. The zero-order chi connectivity index (χ0) is 12.2. The predicted molar refractivity (Wildman–Crippen MR) is 69.3 cm³/mol. The number of alkyl halides is 1. The molecule has 0 fully saturated rings. The molecule has 0 aliphatic carbocycles. The molecule has 0 spiro atoms. The van der Waals surface area contributed by atoms with Crippen LogP contribution in [0.1, 0.15) is 58.3 Å². The van der Waals surface area contributed by atoms with Crippen LogP contribution >= 0.6 is 15.9 Å². The van der Waals surface area contributed by atoms with Crippen molar-refractivity contribution in [3.63, 3.8) is 0 Å². The highest BCUT2D eigenvalue weighted by molar-refractivity contribution is 9.09. The van der Waals surface area contributed by atoms with Crippen LogP contribution in [-0.4, -0.2) is 22.7 Å². The van der Waals surface area contributed by atoms with Gasteiger partial charge in [0, 0.05) is 5.33 Å². The molecule has 0 bridgehead atoms. The van der Waals surface area contributed by atoms with Crippen LogP contribution in [0.15, 0.2) is 0 Å². The van der Waals surface area contributed by atoms with E-state index in [0.717, 1.165) is 31.0 Å². The average molecular weight is 295 g/mol. The Morgan fingerprint density at radius 3 is 2.38 bits per heavy atom. The number of unbranched alkanes of at least 4 members (excludes halogenated alkanes) is 4. The summed E-state index contributed by atoms with van der Waals surface area (Å²) in [4.78, 5) is 10.5. The fourth-order valence-corrected chi connectivity index (χ4v) is 2.01. The van der Waals surface area contributed by atoms with Crippen LogP contribution in [-0.2, 0) is 4.74 Å². The number of rotatable bonds is 10. The Bertz CT molecular complexity index is 174. The van der Waals surface area contributed by atoms with Crippen molar-refractivity contribution in [3.05, 3.63) is 0 Å². The molecule has 0 saturated carbocycles. The van der Waals surface area contributed by atoms with E-state index in [-0.39, 0.29) is 6.10 Å². The van der Waals surface area contributed by atoms with Crippen LogP contribution in [0.5, 0.6) is 0 Å². The van der Waals surface area contributed by atoms with E-state index in [0.29, 0.717) is 0 Å².